The van der Waals surface area contributed by atoms with Crippen molar-refractivity contribution in [1.82, 2.24) is 0 Å². The first-order valence-electron chi connectivity index (χ1n) is 15.4. The van der Waals surface area contributed by atoms with Crippen molar-refractivity contribution in [3.05, 3.63) is 144 Å². The fourth-order valence-electron chi connectivity index (χ4n) is 5.39. The maximum absolute atomic E-state index is 5.36. The minimum Gasteiger partial charge on any atom is -0.497 e. The Labute approximate surface area is 279 Å². The van der Waals surface area contributed by atoms with E-state index >= 15 is 0 Å². The van der Waals surface area contributed by atoms with Gasteiger partial charge in [-0.2, -0.15) is 9.13 Å². The molecule has 6 rings (SSSR count). The van der Waals surface area contributed by atoms with E-state index in [-0.39, 0.29) is 0 Å². The molecule has 0 saturated heterocycles. The number of aryl methyl sites for hydroxylation is 2. The highest BCUT2D eigenvalue weighted by atomic mass is 33.1. The molecule has 0 amide bonds. The van der Waals surface area contributed by atoms with E-state index in [0.29, 0.717) is 0 Å². The molecule has 4 aromatic carbocycles. The Hall–Kier alpha value is -4.52. The van der Waals surface area contributed by atoms with Crippen LogP contribution in [0.1, 0.15) is 22.5 Å². The van der Waals surface area contributed by atoms with Gasteiger partial charge in [-0.15, -0.1) is 0 Å². The molecular formula is C40H38N2O2S2+2. The largest absolute Gasteiger partial charge is 0.497 e. The average molecular weight is 643 g/mol. The minimum absolute atomic E-state index is 0.882. The number of rotatable bonds is 13. The van der Waals surface area contributed by atoms with Crippen molar-refractivity contribution in [2.75, 3.05) is 25.7 Å². The van der Waals surface area contributed by atoms with E-state index in [0.717, 1.165) is 36.1 Å². The molecule has 6 heteroatoms. The monoisotopic (exact) mass is 642 g/mol. The lowest BCUT2D eigenvalue weighted by Crippen LogP contribution is -2.38. The number of aromatic nitrogens is 2. The van der Waals surface area contributed by atoms with Gasteiger partial charge in [-0.05, 0) is 93.4 Å². The van der Waals surface area contributed by atoms with E-state index in [1.54, 1.807) is 14.2 Å². The zero-order valence-corrected chi connectivity index (χ0v) is 27.8. The number of ether oxygens (including phenoxy) is 2. The molecule has 0 aliphatic heterocycles. The molecule has 230 valence electrons. The highest BCUT2D eigenvalue weighted by Crippen LogP contribution is 2.24. The summed E-state index contributed by atoms with van der Waals surface area (Å²) in [5.74, 6) is 3.84. The third-order valence-electron chi connectivity index (χ3n) is 7.90. The number of benzene rings is 4. The van der Waals surface area contributed by atoms with E-state index in [9.17, 15) is 0 Å². The van der Waals surface area contributed by atoms with Crippen LogP contribution in [-0.4, -0.2) is 25.7 Å². The van der Waals surface area contributed by atoms with Gasteiger partial charge in [0.2, 0.25) is 11.4 Å². The zero-order valence-electron chi connectivity index (χ0n) is 26.2. The molecule has 4 nitrogen and oxygen atoms in total. The molecule has 0 aliphatic rings. The van der Waals surface area contributed by atoms with Crippen LogP contribution in [0.3, 0.4) is 0 Å². The number of hydrogen-bond donors (Lipinski definition) is 0. The second-order valence-electron chi connectivity index (χ2n) is 10.9. The molecule has 0 bridgehead atoms. The Kier molecular flexibility index (Phi) is 10.7. The zero-order chi connectivity index (χ0) is 31.6. The lowest BCUT2D eigenvalue weighted by Gasteiger charge is -2.04. The number of methoxy groups -OCH3 is 2. The molecule has 0 spiro atoms. The van der Waals surface area contributed by atoms with Crippen LogP contribution in [0.5, 0.6) is 11.5 Å². The van der Waals surface area contributed by atoms with Gasteiger partial charge in [0.05, 0.1) is 25.7 Å². The molecule has 0 fully saturated rings. The van der Waals surface area contributed by atoms with Gasteiger partial charge in [-0.3, -0.25) is 0 Å². The first kappa shape index (κ1) is 31.5. The third-order valence-corrected chi connectivity index (χ3v) is 10.3. The van der Waals surface area contributed by atoms with Crippen LogP contribution in [-0.2, 0) is 13.1 Å². The maximum Gasteiger partial charge on any atom is 0.205 e. The Morgan fingerprint density at radius 3 is 1.39 bits per heavy atom. The van der Waals surface area contributed by atoms with Gasteiger partial charge in [0.25, 0.3) is 0 Å². The van der Waals surface area contributed by atoms with Gasteiger partial charge in [0.15, 0.2) is 25.5 Å². The average Bonchev–Trinajstić information content (AvgIpc) is 3.11. The van der Waals surface area contributed by atoms with Gasteiger partial charge in [-0.25, -0.2) is 0 Å². The van der Waals surface area contributed by atoms with Gasteiger partial charge in [0, 0.05) is 36.4 Å². The van der Waals surface area contributed by atoms with Crippen molar-refractivity contribution in [3.63, 3.8) is 0 Å². The van der Waals surface area contributed by atoms with Crippen molar-refractivity contribution in [2.45, 2.75) is 13.1 Å². The summed E-state index contributed by atoms with van der Waals surface area (Å²) < 4.78 is 15.4. The summed E-state index contributed by atoms with van der Waals surface area (Å²) >= 11 is 0. The van der Waals surface area contributed by atoms with E-state index in [1.807, 2.05) is 33.7 Å². The molecule has 0 unspecified atom stereocenters. The lowest BCUT2D eigenvalue weighted by atomic mass is 10.1. The molecular weight excluding hydrogens is 605 g/mol. The number of pyridine rings is 2. The van der Waals surface area contributed by atoms with Crippen molar-refractivity contribution in [2.24, 2.45) is 0 Å². The second-order valence-corrected chi connectivity index (χ2v) is 13.6. The standard InChI is InChI=1S/C40H38N2O2S2/c1-43-39-19-15-33-27-31(9-13-35(33)29-39)11-17-37-7-3-5-21-41(37)23-25-45-46-26-24-42-22-6-4-8-38(42)18-12-32-10-14-36-30-40(44-2)20-16-34(36)28-32/h3-22,27-30H,23-26H2,1-2H3/q+2/b17-11+,18-12+. The van der Waals surface area contributed by atoms with Crippen LogP contribution < -0.4 is 18.6 Å². The van der Waals surface area contributed by atoms with Crippen LogP contribution >= 0.6 is 21.6 Å². The summed E-state index contributed by atoms with van der Waals surface area (Å²) in [6.45, 7) is 1.92. The van der Waals surface area contributed by atoms with Crippen molar-refractivity contribution in [3.8, 4) is 11.5 Å². The normalized spacial score (nSPS) is 11.6. The molecule has 0 N–H and O–H groups in total. The summed E-state index contributed by atoms with van der Waals surface area (Å²) in [5.41, 5.74) is 4.77. The topological polar surface area (TPSA) is 26.2 Å². The Bertz CT molecular complexity index is 1860. The predicted octanol–water partition coefficient (Wildman–Crippen LogP) is 9.01. The quantitative estimate of drug-likeness (QED) is 0.0714. The predicted molar refractivity (Wildman–Crippen MR) is 197 cm³/mol. The maximum atomic E-state index is 5.36. The molecule has 2 heterocycles. The van der Waals surface area contributed by atoms with Gasteiger partial charge >= 0.3 is 0 Å². The number of hydrogen-bond acceptors (Lipinski definition) is 4. The summed E-state index contributed by atoms with van der Waals surface area (Å²) in [6.07, 6.45) is 13.1. The highest BCUT2D eigenvalue weighted by Gasteiger charge is 2.09. The van der Waals surface area contributed by atoms with Crippen LogP contribution in [0.4, 0.5) is 0 Å². The molecule has 0 atom stereocenters. The fraction of sp³-hybridized carbons (Fsp3) is 0.150. The summed E-state index contributed by atoms with van der Waals surface area (Å²) in [7, 11) is 7.28. The number of fused-ring (bicyclic) bond motifs is 2. The second kappa shape index (κ2) is 15.7. The van der Waals surface area contributed by atoms with Crippen molar-refractivity contribution >= 4 is 67.4 Å². The van der Waals surface area contributed by atoms with Crippen LogP contribution in [0, 0.1) is 0 Å². The summed E-state index contributed by atoms with van der Waals surface area (Å²) in [6, 6.07) is 38.2. The Morgan fingerprint density at radius 2 is 0.935 bits per heavy atom. The first-order valence-corrected chi connectivity index (χ1v) is 17.9. The smallest absolute Gasteiger partial charge is 0.205 e. The van der Waals surface area contributed by atoms with Gasteiger partial charge < -0.3 is 9.47 Å². The fourth-order valence-corrected chi connectivity index (χ4v) is 7.32. The van der Waals surface area contributed by atoms with Crippen LogP contribution in [0.15, 0.2) is 122 Å². The molecule has 6 aromatic rings. The lowest BCUT2D eigenvalue weighted by molar-refractivity contribution is -0.694. The Balaban J connectivity index is 0.998. The van der Waals surface area contributed by atoms with Gasteiger partial charge in [0.1, 0.15) is 11.5 Å². The highest BCUT2D eigenvalue weighted by molar-refractivity contribution is 8.76. The van der Waals surface area contributed by atoms with E-state index in [1.165, 1.54) is 44.1 Å². The SMILES string of the molecule is COc1ccc2cc(/C=C/c3cccc[n+]3CCSSCC[n+]3ccccc3/C=C/c3ccc4cc(OC)ccc4c3)ccc2c1. The molecule has 2 aromatic heterocycles. The molecule has 46 heavy (non-hydrogen) atoms. The first-order chi connectivity index (χ1) is 22.7. The third kappa shape index (κ3) is 8.19. The van der Waals surface area contributed by atoms with E-state index in [2.05, 4.69) is 143 Å². The van der Waals surface area contributed by atoms with Crippen LogP contribution in [0.2, 0.25) is 0 Å². The number of nitrogens with zero attached hydrogens (tertiary/aromatic N) is 2. The summed E-state index contributed by atoms with van der Waals surface area (Å²) in [5, 5.41) is 4.78. The van der Waals surface area contributed by atoms with Crippen LogP contribution in [0.25, 0.3) is 45.8 Å². The van der Waals surface area contributed by atoms with Crippen molar-refractivity contribution < 1.29 is 18.6 Å². The van der Waals surface area contributed by atoms with E-state index < -0.39 is 0 Å². The van der Waals surface area contributed by atoms with E-state index in [4.69, 9.17) is 9.47 Å². The molecule has 0 radical (unpaired) electrons. The Morgan fingerprint density at radius 1 is 0.500 bits per heavy atom. The minimum atomic E-state index is 0.882. The molecule has 0 saturated carbocycles. The summed E-state index contributed by atoms with van der Waals surface area (Å²) in [4.78, 5) is 0. The molecule has 0 aliphatic carbocycles. The van der Waals surface area contributed by atoms with Gasteiger partial charge in [-0.1, -0.05) is 58.0 Å². The van der Waals surface area contributed by atoms with Crippen molar-refractivity contribution in [1.29, 1.82) is 0 Å².